The first-order valence-electron chi connectivity index (χ1n) is 14.9. The Kier molecular flexibility index (Phi) is 14.3. The van der Waals surface area contributed by atoms with Crippen LogP contribution in [0.1, 0.15) is 74.9 Å². The molecule has 1 aliphatic rings. The molecule has 0 atom stereocenters. The fraction of sp³-hybridized carbons (Fsp3) is 0.275. The molecule has 0 aromatic heterocycles. The topological polar surface area (TPSA) is 0 Å². The van der Waals surface area contributed by atoms with Gasteiger partial charge >= 0.3 is 99.8 Å². The van der Waals surface area contributed by atoms with Crippen LogP contribution in [0.3, 0.4) is 0 Å². The number of aryl methyl sites for hydroxylation is 2. The Morgan fingerprint density at radius 3 is 1.59 bits per heavy atom. The molecule has 0 nitrogen and oxygen atoms in total. The fourth-order valence-corrected chi connectivity index (χ4v) is 8.85. The number of rotatable bonds is 2. The van der Waals surface area contributed by atoms with Crippen molar-refractivity contribution < 1.29 is 48.1 Å². The van der Waals surface area contributed by atoms with E-state index in [1.165, 1.54) is 54.9 Å². The van der Waals surface area contributed by atoms with Crippen LogP contribution in [-0.4, -0.2) is 5.43 Å². The van der Waals surface area contributed by atoms with Crippen molar-refractivity contribution in [3.63, 3.8) is 0 Å². The van der Waals surface area contributed by atoms with Crippen molar-refractivity contribution in [1.29, 1.82) is 0 Å². The van der Waals surface area contributed by atoms with Gasteiger partial charge < -0.3 is 24.8 Å². The number of fused-ring (bicyclic) bond motifs is 3. The second-order valence-corrected chi connectivity index (χ2v) is 18.9. The van der Waals surface area contributed by atoms with Gasteiger partial charge in [-0.1, -0.05) is 79.2 Å². The monoisotopic (exact) mass is 712 g/mol. The molecule has 0 amide bonds. The van der Waals surface area contributed by atoms with Crippen molar-refractivity contribution in [2.75, 3.05) is 0 Å². The number of hydrogen-bond donors (Lipinski definition) is 0. The van der Waals surface area contributed by atoms with E-state index in [0.717, 1.165) is 6.42 Å². The molecule has 0 saturated heterocycles. The Labute approximate surface area is 294 Å². The average Bonchev–Trinajstić information content (AvgIpc) is 3.54. The van der Waals surface area contributed by atoms with Gasteiger partial charge in [0.1, 0.15) is 0 Å². The molecule has 0 heterocycles. The molecular weight excluding hydrogens is 671 g/mol. The summed E-state index contributed by atoms with van der Waals surface area (Å²) in [7, 11) is 0. The first kappa shape index (κ1) is 38.1. The molecule has 0 bridgehead atoms. The van der Waals surface area contributed by atoms with Crippen LogP contribution < -0.4 is 35.2 Å². The van der Waals surface area contributed by atoms with Gasteiger partial charge in [0, 0.05) is 0 Å². The number of hydrogen-bond acceptors (Lipinski definition) is 0. The quantitative estimate of drug-likeness (QED) is 0.191. The summed E-state index contributed by atoms with van der Waals surface area (Å²) in [6.07, 6.45) is 1.03. The Hall–Kier alpha value is -2.09. The summed E-state index contributed by atoms with van der Waals surface area (Å²) in [5, 5.41) is 3.03. The van der Waals surface area contributed by atoms with Crippen molar-refractivity contribution in [2.45, 2.75) is 72.6 Å². The zero-order valence-electron chi connectivity index (χ0n) is 27.4. The van der Waals surface area contributed by atoms with Crippen LogP contribution >= 0.6 is 0 Å². The summed E-state index contributed by atoms with van der Waals surface area (Å²) in [5.74, 6) is 0. The van der Waals surface area contributed by atoms with Gasteiger partial charge in [-0.05, 0) is 28.4 Å². The molecule has 4 heteroatoms. The SMILES string of the molecule is CC(C)(C)c1[c-]c2c(cc1)-c1ccc(C(C)(C)C)cc1C2.Cc1c[cH-]cc1C.[Cl-].[Cl-].[Zr+2]=[Si](c1ccccc1)c1ccccc1. The Morgan fingerprint density at radius 1 is 0.659 bits per heavy atom. The molecule has 1 aliphatic carbocycles. The van der Waals surface area contributed by atoms with Crippen molar-refractivity contribution in [2.24, 2.45) is 0 Å². The van der Waals surface area contributed by atoms with Crippen LogP contribution in [0, 0.1) is 19.9 Å². The molecule has 0 saturated carbocycles. The second kappa shape index (κ2) is 16.5. The molecule has 0 N–H and O–H groups in total. The normalized spacial score (nSPS) is 11.3. The molecular formula is C40H44Cl2SiZr-2. The van der Waals surface area contributed by atoms with Gasteiger partial charge in [-0.15, -0.1) is 11.1 Å². The minimum absolute atomic E-state index is 0. The maximum atomic E-state index is 3.67. The van der Waals surface area contributed by atoms with Gasteiger partial charge in [-0.2, -0.15) is 53.1 Å². The molecule has 0 aliphatic heterocycles. The minimum atomic E-state index is -0.455. The third-order valence-corrected chi connectivity index (χ3v) is 14.0. The summed E-state index contributed by atoms with van der Waals surface area (Å²) in [4.78, 5) is 0. The fourth-order valence-electron chi connectivity index (χ4n) is 5.00. The standard InChI is InChI=1S/C21H25.C12H10Si.C7H9.2ClH.Zr/c1-20(2,3)16-7-9-18-14(12-16)11-15-13-17(21(4,5)6)8-10-19(15)18;1-3-7-11(8-4-1)13-12-9-5-2-6-10-12;1-6-4-3-5-7(6)2;;;/h7-10,12H,11H2,1-6H3;1-10H;3-5H,1-2H3;2*1H;/q-1;;-1;;;+2/p-2. The molecule has 0 unspecified atom stereocenters. The number of halogens is 2. The van der Waals surface area contributed by atoms with E-state index in [1.54, 1.807) is 23.3 Å². The van der Waals surface area contributed by atoms with Crippen molar-refractivity contribution in [1.82, 2.24) is 0 Å². The van der Waals surface area contributed by atoms with E-state index in [4.69, 9.17) is 0 Å². The zero-order valence-corrected chi connectivity index (χ0v) is 32.3. The molecule has 228 valence electrons. The van der Waals surface area contributed by atoms with Crippen LogP contribution in [0.2, 0.25) is 0 Å². The first-order valence-corrected chi connectivity index (χ1v) is 20.1. The van der Waals surface area contributed by atoms with E-state index in [-0.39, 0.29) is 35.6 Å². The van der Waals surface area contributed by atoms with Gasteiger partial charge in [0.2, 0.25) is 0 Å². The van der Waals surface area contributed by atoms with E-state index >= 15 is 0 Å². The van der Waals surface area contributed by atoms with Gasteiger partial charge in [0.25, 0.3) is 0 Å². The summed E-state index contributed by atoms with van der Waals surface area (Å²) in [5.41, 5.74) is 11.0. The third-order valence-electron chi connectivity index (χ3n) is 7.90. The van der Waals surface area contributed by atoms with Gasteiger partial charge in [0.05, 0.1) is 0 Å². The molecule has 44 heavy (non-hydrogen) atoms. The van der Waals surface area contributed by atoms with Crippen molar-refractivity contribution >= 4 is 15.8 Å². The van der Waals surface area contributed by atoms with Gasteiger partial charge in [0.15, 0.2) is 0 Å². The van der Waals surface area contributed by atoms with E-state index in [0.29, 0.717) is 0 Å². The summed E-state index contributed by atoms with van der Waals surface area (Å²) in [6, 6.07) is 43.2. The molecule has 0 spiro atoms. The van der Waals surface area contributed by atoms with Crippen LogP contribution in [0.15, 0.2) is 109 Å². The Bertz CT molecular complexity index is 1520. The van der Waals surface area contributed by atoms with E-state index < -0.39 is 5.43 Å². The zero-order chi connectivity index (χ0) is 30.5. The molecule has 0 fully saturated rings. The van der Waals surface area contributed by atoms with Crippen molar-refractivity contribution in [3.05, 3.63) is 149 Å². The van der Waals surface area contributed by atoms with E-state index in [9.17, 15) is 0 Å². The summed E-state index contributed by atoms with van der Waals surface area (Å²) in [6.45, 7) is 17.8. The molecule has 5 aromatic carbocycles. The van der Waals surface area contributed by atoms with Gasteiger partial charge in [-0.25, -0.2) is 0 Å². The van der Waals surface area contributed by atoms with Crippen LogP contribution in [0.25, 0.3) is 11.1 Å². The third kappa shape index (κ3) is 9.95. The first-order chi connectivity index (χ1) is 19.8. The molecule has 6 rings (SSSR count). The summed E-state index contributed by atoms with van der Waals surface area (Å²) >= 11 is 1.64. The maximum absolute atomic E-state index is 3.67. The summed E-state index contributed by atoms with van der Waals surface area (Å²) < 4.78 is 0. The molecule has 5 aromatic rings. The predicted molar refractivity (Wildman–Crippen MR) is 180 cm³/mol. The molecule has 0 radical (unpaired) electrons. The predicted octanol–water partition coefficient (Wildman–Crippen LogP) is 3.02. The van der Waals surface area contributed by atoms with Gasteiger partial charge in [-0.3, -0.25) is 0 Å². The van der Waals surface area contributed by atoms with E-state index in [2.05, 4.69) is 171 Å². The van der Waals surface area contributed by atoms with Crippen LogP contribution in [0.4, 0.5) is 0 Å². The Morgan fingerprint density at radius 2 is 1.16 bits per heavy atom. The van der Waals surface area contributed by atoms with Crippen molar-refractivity contribution in [3.8, 4) is 11.1 Å². The average molecular weight is 715 g/mol. The van der Waals surface area contributed by atoms with Crippen LogP contribution in [-0.2, 0) is 40.6 Å². The van der Waals surface area contributed by atoms with E-state index in [1.807, 2.05) is 0 Å². The second-order valence-electron chi connectivity index (χ2n) is 13.3. The number of benzene rings is 4. The van der Waals surface area contributed by atoms with Crippen LogP contribution in [0.5, 0.6) is 0 Å². The Balaban J connectivity index is 0.000000253.